The first-order valence-electron chi connectivity index (χ1n) is 27.9. The summed E-state index contributed by atoms with van der Waals surface area (Å²) in [5, 5.41) is 8.69. The van der Waals surface area contributed by atoms with E-state index in [1.165, 1.54) is 10.4 Å². The summed E-state index contributed by atoms with van der Waals surface area (Å²) in [6.45, 7) is 22.5. The lowest BCUT2D eigenvalue weighted by Crippen LogP contribution is -2.40. The summed E-state index contributed by atoms with van der Waals surface area (Å²) in [5.41, 5.74) is 16.1. The molecular formula is C74H66F2N2Si2. The average molecular weight is 1080 g/mol. The molecule has 80 heavy (non-hydrogen) atoms. The number of rotatable bonds is 12. The number of para-hydroxylation sites is 2. The minimum atomic E-state index is -2.09. The van der Waals surface area contributed by atoms with Gasteiger partial charge in [-0.2, -0.15) is 0 Å². The van der Waals surface area contributed by atoms with Crippen LogP contribution in [-0.2, 0) is 0 Å². The van der Waals surface area contributed by atoms with E-state index in [0.717, 1.165) is 122 Å². The second-order valence-corrected chi connectivity index (χ2v) is 34.1. The van der Waals surface area contributed by atoms with Gasteiger partial charge in [-0.05, 0) is 142 Å². The van der Waals surface area contributed by atoms with Crippen molar-refractivity contribution in [1.29, 1.82) is 0 Å². The predicted molar refractivity (Wildman–Crippen MR) is 346 cm³/mol. The number of hydrogen-bond donors (Lipinski definition) is 0. The Balaban J connectivity index is 1.17. The summed E-state index contributed by atoms with van der Waals surface area (Å²) in [6, 6.07) is 76.3. The summed E-state index contributed by atoms with van der Waals surface area (Å²) in [7, 11) is -4.19. The Bertz CT molecular complexity index is 4090. The molecule has 0 aromatic heterocycles. The zero-order valence-corrected chi connectivity index (χ0v) is 49.4. The van der Waals surface area contributed by atoms with E-state index in [-0.39, 0.29) is 11.6 Å². The molecule has 0 heterocycles. The van der Waals surface area contributed by atoms with Gasteiger partial charge in [0, 0.05) is 33.3 Å². The smallest absolute Gasteiger partial charge is 0.148 e. The number of anilines is 6. The van der Waals surface area contributed by atoms with Crippen molar-refractivity contribution in [3.8, 4) is 44.5 Å². The summed E-state index contributed by atoms with van der Waals surface area (Å²) < 4.78 is 36.8. The van der Waals surface area contributed by atoms with E-state index >= 15 is 8.78 Å². The van der Waals surface area contributed by atoms with Crippen LogP contribution >= 0.6 is 0 Å². The predicted octanol–water partition coefficient (Wildman–Crippen LogP) is 20.8. The lowest BCUT2D eigenvalue weighted by Gasteiger charge is -2.35. The maximum atomic E-state index is 18.4. The first-order valence-corrected chi connectivity index (χ1v) is 34.9. The van der Waals surface area contributed by atoms with Gasteiger partial charge in [0.05, 0.1) is 38.9 Å². The third-order valence-electron chi connectivity index (χ3n) is 15.9. The second kappa shape index (κ2) is 20.3. The monoisotopic (exact) mass is 1080 g/mol. The van der Waals surface area contributed by atoms with E-state index < -0.39 is 16.1 Å². The van der Waals surface area contributed by atoms with Crippen LogP contribution in [0, 0.1) is 39.3 Å². The SMILES string of the molecule is Cc1cccc(-c2cc(F)c(N(c3ccccc3[Si](C)(C)C)c3ccc4ccc5c(N(c6ccccc6[Si](C)(C)C)c6c(F)cc(-c7cccc(C)c7)cc6-c6cccc(C)c6)ccc6ccc3c4c65)c(-c3cccc(C)c3)c2)c1. The first kappa shape index (κ1) is 52.3. The van der Waals surface area contributed by atoms with E-state index in [0.29, 0.717) is 11.4 Å². The van der Waals surface area contributed by atoms with Crippen molar-refractivity contribution < 1.29 is 8.78 Å². The highest BCUT2D eigenvalue weighted by molar-refractivity contribution is 6.90. The number of halogens is 2. The molecular weight excluding hydrogens is 1010 g/mol. The molecule has 0 saturated heterocycles. The van der Waals surface area contributed by atoms with Crippen LogP contribution in [0.3, 0.4) is 0 Å². The fourth-order valence-electron chi connectivity index (χ4n) is 12.2. The van der Waals surface area contributed by atoms with Gasteiger partial charge >= 0.3 is 0 Å². The molecule has 2 nitrogen and oxygen atoms in total. The van der Waals surface area contributed by atoms with Gasteiger partial charge in [0.15, 0.2) is 0 Å². The zero-order valence-electron chi connectivity index (χ0n) is 47.4. The molecule has 0 fully saturated rings. The minimum Gasteiger partial charge on any atom is -0.307 e. The molecule has 0 atom stereocenters. The Labute approximate surface area is 472 Å². The maximum absolute atomic E-state index is 18.4. The van der Waals surface area contributed by atoms with Crippen molar-refractivity contribution in [2.45, 2.75) is 67.0 Å². The Morgan fingerprint density at radius 2 is 0.637 bits per heavy atom. The Kier molecular flexibility index (Phi) is 13.3. The molecule has 6 heteroatoms. The van der Waals surface area contributed by atoms with Gasteiger partial charge in [-0.15, -0.1) is 0 Å². The van der Waals surface area contributed by atoms with Crippen LogP contribution in [0.4, 0.5) is 42.9 Å². The van der Waals surface area contributed by atoms with Gasteiger partial charge in [-0.3, -0.25) is 0 Å². The number of aryl methyl sites for hydroxylation is 4. The molecule has 0 saturated carbocycles. The largest absolute Gasteiger partial charge is 0.307 e. The average Bonchev–Trinajstić information content (AvgIpc) is 3.63. The molecule has 12 rings (SSSR count). The minimum absolute atomic E-state index is 0.310. The molecule has 12 aromatic carbocycles. The molecule has 0 radical (unpaired) electrons. The van der Waals surface area contributed by atoms with Gasteiger partial charge in [-0.1, -0.05) is 231 Å². The Morgan fingerprint density at radius 3 is 1.00 bits per heavy atom. The van der Waals surface area contributed by atoms with Gasteiger partial charge < -0.3 is 9.80 Å². The van der Waals surface area contributed by atoms with Gasteiger partial charge in [-0.25, -0.2) is 8.78 Å². The molecule has 0 unspecified atom stereocenters. The van der Waals surface area contributed by atoms with Gasteiger partial charge in [0.1, 0.15) is 11.6 Å². The van der Waals surface area contributed by atoms with Crippen LogP contribution in [0.15, 0.2) is 218 Å². The summed E-state index contributed by atoms with van der Waals surface area (Å²) in [6.07, 6.45) is 0. The molecule has 0 aliphatic carbocycles. The Hall–Kier alpha value is -8.43. The van der Waals surface area contributed by atoms with Crippen LogP contribution in [0.2, 0.25) is 39.3 Å². The third-order valence-corrected chi connectivity index (χ3v) is 20.0. The third kappa shape index (κ3) is 9.50. The van der Waals surface area contributed by atoms with E-state index in [1.807, 2.05) is 12.1 Å². The fraction of sp³-hybridized carbons (Fsp3) is 0.135. The van der Waals surface area contributed by atoms with Crippen molar-refractivity contribution in [2.24, 2.45) is 0 Å². The van der Waals surface area contributed by atoms with Crippen molar-refractivity contribution in [3.05, 3.63) is 252 Å². The molecule has 0 N–H and O–H groups in total. The van der Waals surface area contributed by atoms with Crippen LogP contribution in [0.5, 0.6) is 0 Å². The van der Waals surface area contributed by atoms with E-state index in [9.17, 15) is 0 Å². The number of nitrogens with zero attached hydrogens (tertiary/aromatic N) is 2. The van der Waals surface area contributed by atoms with E-state index in [4.69, 9.17) is 0 Å². The summed E-state index contributed by atoms with van der Waals surface area (Å²) in [4.78, 5) is 4.45. The van der Waals surface area contributed by atoms with Gasteiger partial charge in [0.2, 0.25) is 0 Å². The van der Waals surface area contributed by atoms with Crippen molar-refractivity contribution >= 4 is 93.0 Å². The van der Waals surface area contributed by atoms with E-state index in [1.54, 1.807) is 12.1 Å². The standard InChI is InChI=1S/C74H66F2N2Si2/c1-47-19-15-23-53(39-47)57-43-61(55-25-17-21-49(3)41-55)73(63(75)45-57)77(67-27-11-13-29-69(67)79(5,6)7)65-37-33-51-32-36-60-66(38-34-52-31-35-59(65)71(51)72(52)60)78(68-28-12-14-30-70(68)80(8,9)10)74-62(56-26-18-22-50(4)42-56)44-58(46-64(74)76)54-24-16-20-48(2)40-54/h11-46H,1-10H3. The van der Waals surface area contributed by atoms with Crippen LogP contribution in [0.25, 0.3) is 76.8 Å². The second-order valence-electron chi connectivity index (χ2n) is 24.0. The normalized spacial score (nSPS) is 12.0. The van der Waals surface area contributed by atoms with Crippen molar-refractivity contribution in [3.63, 3.8) is 0 Å². The molecule has 0 aliphatic rings. The number of benzene rings is 12. The molecule has 394 valence electrons. The topological polar surface area (TPSA) is 6.48 Å². The molecule has 0 bridgehead atoms. The molecule has 0 aliphatic heterocycles. The fourth-order valence-corrected chi connectivity index (χ4v) is 15.3. The Morgan fingerprint density at radius 1 is 0.300 bits per heavy atom. The first-order chi connectivity index (χ1) is 38.4. The zero-order chi connectivity index (χ0) is 55.8. The summed E-state index contributed by atoms with van der Waals surface area (Å²) in [5.74, 6) is -0.620. The van der Waals surface area contributed by atoms with E-state index in [2.05, 4.69) is 271 Å². The van der Waals surface area contributed by atoms with Crippen LogP contribution in [0.1, 0.15) is 22.3 Å². The van der Waals surface area contributed by atoms with Crippen LogP contribution < -0.4 is 20.2 Å². The van der Waals surface area contributed by atoms with Crippen LogP contribution in [-0.4, -0.2) is 16.1 Å². The quantitative estimate of drug-likeness (QED) is 0.0889. The maximum Gasteiger partial charge on any atom is 0.148 e. The highest BCUT2D eigenvalue weighted by Crippen LogP contribution is 2.52. The molecule has 12 aromatic rings. The lowest BCUT2D eigenvalue weighted by molar-refractivity contribution is 0.629. The molecule has 0 amide bonds. The highest BCUT2D eigenvalue weighted by atomic mass is 28.3. The highest BCUT2D eigenvalue weighted by Gasteiger charge is 2.33. The van der Waals surface area contributed by atoms with Crippen molar-refractivity contribution in [1.82, 2.24) is 0 Å². The van der Waals surface area contributed by atoms with Gasteiger partial charge in [0.25, 0.3) is 0 Å². The lowest BCUT2D eigenvalue weighted by atomic mass is 9.90. The van der Waals surface area contributed by atoms with Crippen molar-refractivity contribution in [2.75, 3.05) is 9.80 Å². The number of hydrogen-bond acceptors (Lipinski definition) is 2. The molecule has 0 spiro atoms. The summed E-state index contributed by atoms with van der Waals surface area (Å²) >= 11 is 0.